The summed E-state index contributed by atoms with van der Waals surface area (Å²) in [7, 11) is 0. The molecule has 1 rings (SSSR count). The second-order valence-electron chi connectivity index (χ2n) is 2.25. The number of rotatable bonds is 3. The van der Waals surface area contributed by atoms with Gasteiger partial charge in [-0.25, -0.2) is 4.99 Å². The fraction of sp³-hybridized carbons (Fsp3) is 0.500. The predicted octanol–water partition coefficient (Wildman–Crippen LogP) is 1.71. The molecular formula is C8H11NO. The van der Waals surface area contributed by atoms with Crippen LogP contribution in [0.5, 0.6) is 0 Å². The lowest BCUT2D eigenvalue weighted by molar-refractivity contribution is -0.102. The molecule has 10 heavy (non-hydrogen) atoms. The highest BCUT2D eigenvalue weighted by atomic mass is 16.1. The van der Waals surface area contributed by atoms with E-state index in [1.165, 1.54) is 0 Å². The third-order valence-electron chi connectivity index (χ3n) is 1.71. The summed E-state index contributed by atoms with van der Waals surface area (Å²) in [6, 6.07) is 0. The van der Waals surface area contributed by atoms with Crippen LogP contribution in [0, 0.1) is 0 Å². The maximum Gasteiger partial charge on any atom is 0.168 e. The van der Waals surface area contributed by atoms with Crippen LogP contribution in [0.2, 0.25) is 0 Å². The van der Waals surface area contributed by atoms with Crippen molar-refractivity contribution in [1.82, 2.24) is 0 Å². The van der Waals surface area contributed by atoms with Gasteiger partial charge in [0.05, 0.1) is 0 Å². The van der Waals surface area contributed by atoms with E-state index in [4.69, 9.17) is 0 Å². The van der Waals surface area contributed by atoms with E-state index in [2.05, 4.69) is 11.9 Å². The van der Waals surface area contributed by atoms with Crippen LogP contribution in [0.3, 0.4) is 0 Å². The number of allylic oxidation sites excluding steroid dienone is 2. The van der Waals surface area contributed by atoms with E-state index in [9.17, 15) is 4.79 Å². The molecule has 54 valence electrons. The molecule has 0 radical (unpaired) electrons. The fourth-order valence-electron chi connectivity index (χ4n) is 1.15. The van der Waals surface area contributed by atoms with Crippen molar-refractivity contribution in [2.75, 3.05) is 0 Å². The van der Waals surface area contributed by atoms with E-state index in [0.717, 1.165) is 30.4 Å². The summed E-state index contributed by atoms with van der Waals surface area (Å²) in [5.41, 5.74) is 2.90. The summed E-state index contributed by atoms with van der Waals surface area (Å²) in [6.45, 7) is 4.10. The lowest BCUT2D eigenvalue weighted by atomic mass is 9.99. The highest BCUT2D eigenvalue weighted by Gasteiger charge is 2.17. The van der Waals surface area contributed by atoms with Crippen LogP contribution >= 0.6 is 0 Å². The van der Waals surface area contributed by atoms with Gasteiger partial charge in [0.25, 0.3) is 0 Å². The van der Waals surface area contributed by atoms with Gasteiger partial charge in [-0.2, -0.15) is 0 Å². The second-order valence-corrected chi connectivity index (χ2v) is 2.25. The molecule has 1 heterocycles. The molecule has 0 amide bonds. The Labute approximate surface area is 60.7 Å². The number of aldehydes is 1. The first-order valence-corrected chi connectivity index (χ1v) is 3.59. The van der Waals surface area contributed by atoms with Crippen LogP contribution in [-0.4, -0.2) is 12.0 Å². The number of carbonyl (C=O) groups is 1. The Kier molecular flexibility index (Phi) is 2.00. The molecule has 1 aliphatic rings. The fourth-order valence-corrected chi connectivity index (χ4v) is 1.15. The van der Waals surface area contributed by atoms with Gasteiger partial charge in [0.15, 0.2) is 6.29 Å². The molecule has 1 aliphatic heterocycles. The zero-order valence-electron chi connectivity index (χ0n) is 6.35. The third kappa shape index (κ3) is 0.897. The van der Waals surface area contributed by atoms with E-state index in [0.29, 0.717) is 5.71 Å². The highest BCUT2D eigenvalue weighted by molar-refractivity contribution is 6.39. The smallest absolute Gasteiger partial charge is 0.168 e. The lowest BCUT2D eigenvalue weighted by Gasteiger charge is -2.16. The molecule has 0 unspecified atom stereocenters. The largest absolute Gasteiger partial charge is 0.296 e. The van der Waals surface area contributed by atoms with E-state index < -0.39 is 0 Å². The molecule has 0 bridgehead atoms. The van der Waals surface area contributed by atoms with E-state index >= 15 is 0 Å². The molecule has 0 atom stereocenters. The van der Waals surface area contributed by atoms with Gasteiger partial charge in [0.1, 0.15) is 5.71 Å². The molecule has 0 aliphatic carbocycles. The first-order chi connectivity index (χ1) is 4.83. The number of hydrogen-bond acceptors (Lipinski definition) is 2. The van der Waals surface area contributed by atoms with Crippen molar-refractivity contribution < 1.29 is 4.79 Å². The van der Waals surface area contributed by atoms with Gasteiger partial charge in [-0.05, 0) is 12.8 Å². The minimum atomic E-state index is 0.652. The molecule has 0 saturated heterocycles. The minimum absolute atomic E-state index is 0.652. The molecule has 0 fully saturated rings. The Morgan fingerprint density at radius 1 is 1.40 bits per heavy atom. The summed E-state index contributed by atoms with van der Waals surface area (Å²) in [5.74, 6) is 0. The van der Waals surface area contributed by atoms with Crippen molar-refractivity contribution in [3.63, 3.8) is 0 Å². The van der Waals surface area contributed by atoms with Crippen molar-refractivity contribution >= 4 is 12.0 Å². The van der Waals surface area contributed by atoms with E-state index in [1.807, 2.05) is 6.92 Å². The second kappa shape index (κ2) is 2.78. The first kappa shape index (κ1) is 7.19. The number of carbonyl (C=O) groups excluding carboxylic acids is 1. The predicted molar refractivity (Wildman–Crippen MR) is 41.1 cm³/mol. The van der Waals surface area contributed by atoms with Gasteiger partial charge in [-0.3, -0.25) is 4.79 Å². The molecule has 0 spiro atoms. The van der Waals surface area contributed by atoms with E-state index in [1.54, 1.807) is 0 Å². The topological polar surface area (TPSA) is 29.4 Å². The van der Waals surface area contributed by atoms with Crippen molar-refractivity contribution in [2.45, 2.75) is 26.7 Å². The maximum absolute atomic E-state index is 10.3. The van der Waals surface area contributed by atoms with Crippen molar-refractivity contribution in [3.05, 3.63) is 11.3 Å². The molecule has 2 nitrogen and oxygen atoms in total. The zero-order valence-corrected chi connectivity index (χ0v) is 6.35. The molecule has 0 aromatic heterocycles. The Hall–Kier alpha value is -0.920. The zero-order chi connectivity index (χ0) is 7.56. The van der Waals surface area contributed by atoms with Crippen LogP contribution < -0.4 is 0 Å². The van der Waals surface area contributed by atoms with Crippen molar-refractivity contribution in [1.29, 1.82) is 0 Å². The number of hydrogen-bond donors (Lipinski definition) is 0. The Morgan fingerprint density at radius 2 is 2.10 bits per heavy atom. The molecule has 0 aromatic carbocycles. The highest BCUT2D eigenvalue weighted by Crippen LogP contribution is 2.23. The number of aliphatic imine (C=N–C) groups is 1. The quantitative estimate of drug-likeness (QED) is 0.544. The summed E-state index contributed by atoms with van der Waals surface area (Å²) < 4.78 is 0. The summed E-state index contributed by atoms with van der Waals surface area (Å²) in [6.07, 6.45) is 2.71. The molecule has 0 N–H and O–H groups in total. The Bertz CT molecular complexity index is 213. The van der Waals surface area contributed by atoms with Gasteiger partial charge in [0.2, 0.25) is 0 Å². The van der Waals surface area contributed by atoms with Crippen molar-refractivity contribution in [3.8, 4) is 0 Å². The van der Waals surface area contributed by atoms with Crippen LogP contribution in [0.1, 0.15) is 26.7 Å². The standard InChI is InChI=1S/C8H11NO/c1-3-6-7(4-2)9-8(6)5-10/h5H,3-4H2,1-2H3. The Morgan fingerprint density at radius 3 is 2.50 bits per heavy atom. The summed E-state index contributed by atoms with van der Waals surface area (Å²) in [4.78, 5) is 14.3. The van der Waals surface area contributed by atoms with Crippen LogP contribution in [-0.2, 0) is 4.79 Å². The Balaban J connectivity index is 2.69. The number of nitrogens with zero attached hydrogens (tertiary/aromatic N) is 1. The minimum Gasteiger partial charge on any atom is -0.296 e. The summed E-state index contributed by atoms with van der Waals surface area (Å²) in [5, 5.41) is 0. The van der Waals surface area contributed by atoms with E-state index in [-0.39, 0.29) is 0 Å². The van der Waals surface area contributed by atoms with Crippen LogP contribution in [0.25, 0.3) is 0 Å². The van der Waals surface area contributed by atoms with Gasteiger partial charge in [-0.15, -0.1) is 0 Å². The van der Waals surface area contributed by atoms with Crippen LogP contribution in [0.4, 0.5) is 0 Å². The SMILES string of the molecule is CCC1=C(CC)C(C=O)=N1. The average Bonchev–Trinajstić information content (AvgIpc) is 1.89. The average molecular weight is 137 g/mol. The van der Waals surface area contributed by atoms with Gasteiger partial charge >= 0.3 is 0 Å². The maximum atomic E-state index is 10.3. The third-order valence-corrected chi connectivity index (χ3v) is 1.71. The molecular weight excluding hydrogens is 126 g/mol. The molecule has 2 heteroatoms. The van der Waals surface area contributed by atoms with Crippen molar-refractivity contribution in [2.24, 2.45) is 4.99 Å². The monoisotopic (exact) mass is 137 g/mol. The lowest BCUT2D eigenvalue weighted by Crippen LogP contribution is -2.15. The summed E-state index contributed by atoms with van der Waals surface area (Å²) >= 11 is 0. The first-order valence-electron chi connectivity index (χ1n) is 3.59. The van der Waals surface area contributed by atoms with Gasteiger partial charge in [0, 0.05) is 11.3 Å². The normalized spacial score (nSPS) is 16.4. The molecule has 0 saturated carbocycles. The van der Waals surface area contributed by atoms with Gasteiger partial charge in [-0.1, -0.05) is 13.8 Å². The molecule has 0 aromatic rings. The van der Waals surface area contributed by atoms with Gasteiger partial charge < -0.3 is 0 Å². The van der Waals surface area contributed by atoms with Crippen LogP contribution in [0.15, 0.2) is 16.3 Å².